The van der Waals surface area contributed by atoms with Crippen LogP contribution in [0, 0.1) is 0 Å². The Balaban J connectivity index is 1.94. The summed E-state index contributed by atoms with van der Waals surface area (Å²) in [5.74, 6) is 0.491. The summed E-state index contributed by atoms with van der Waals surface area (Å²) >= 11 is 0. The molecule has 1 heterocycles. The van der Waals surface area contributed by atoms with E-state index in [0.717, 1.165) is 5.56 Å². The fourth-order valence-electron chi connectivity index (χ4n) is 1.82. The van der Waals surface area contributed by atoms with E-state index in [1.54, 1.807) is 6.08 Å². The molecule has 1 aliphatic rings. The van der Waals surface area contributed by atoms with Crippen molar-refractivity contribution in [3.63, 3.8) is 0 Å². The Kier molecular flexibility index (Phi) is 4.18. The minimum atomic E-state index is -0.159. The van der Waals surface area contributed by atoms with Crippen LogP contribution in [0.3, 0.4) is 0 Å². The molecule has 0 aromatic heterocycles. The van der Waals surface area contributed by atoms with Crippen molar-refractivity contribution in [1.82, 2.24) is 5.32 Å². The van der Waals surface area contributed by atoms with Crippen molar-refractivity contribution in [2.24, 2.45) is 0 Å². The fourth-order valence-corrected chi connectivity index (χ4v) is 1.82. The van der Waals surface area contributed by atoms with Gasteiger partial charge in [-0.05, 0) is 24.1 Å². The molecule has 1 aliphatic heterocycles. The molecule has 0 atom stereocenters. The van der Waals surface area contributed by atoms with Gasteiger partial charge >= 0.3 is 0 Å². The Morgan fingerprint density at radius 2 is 2.37 bits per heavy atom. The van der Waals surface area contributed by atoms with Gasteiger partial charge in [-0.2, -0.15) is 0 Å². The van der Waals surface area contributed by atoms with E-state index in [-0.39, 0.29) is 18.4 Å². The summed E-state index contributed by atoms with van der Waals surface area (Å²) in [6.45, 7) is 4.07. The van der Waals surface area contributed by atoms with Crippen molar-refractivity contribution < 1.29 is 14.3 Å². The van der Waals surface area contributed by atoms with Gasteiger partial charge < -0.3 is 15.4 Å². The van der Waals surface area contributed by atoms with E-state index in [4.69, 9.17) is 4.74 Å². The molecule has 2 amide bonds. The molecule has 0 bridgehead atoms. The summed E-state index contributed by atoms with van der Waals surface area (Å²) in [4.78, 5) is 22.7. The number of carbonyl (C=O) groups is 2. The number of carbonyl (C=O) groups excluding carboxylic acids is 2. The standard InChI is InChI=1S/C14H16N2O3/c1-2-7-15-13(17)6-4-10-3-5-12-11(8-10)16-14(18)9-19-12/h2-3,5,8H,1,4,6-7,9H2,(H,15,17)(H,16,18). The van der Waals surface area contributed by atoms with E-state index in [9.17, 15) is 9.59 Å². The Morgan fingerprint density at radius 1 is 1.53 bits per heavy atom. The number of fused-ring (bicyclic) bond motifs is 1. The average Bonchev–Trinajstić information content (AvgIpc) is 2.42. The molecule has 0 saturated carbocycles. The van der Waals surface area contributed by atoms with Crippen molar-refractivity contribution in [3.05, 3.63) is 36.4 Å². The molecule has 0 aliphatic carbocycles. The van der Waals surface area contributed by atoms with Crippen LogP contribution in [-0.2, 0) is 16.0 Å². The molecule has 5 heteroatoms. The highest BCUT2D eigenvalue weighted by atomic mass is 16.5. The molecule has 0 fully saturated rings. The quantitative estimate of drug-likeness (QED) is 0.783. The molecule has 1 aromatic rings. The van der Waals surface area contributed by atoms with E-state index in [2.05, 4.69) is 17.2 Å². The normalized spacial score (nSPS) is 12.9. The van der Waals surface area contributed by atoms with Crippen LogP contribution in [0.25, 0.3) is 0 Å². The molecule has 0 spiro atoms. The lowest BCUT2D eigenvalue weighted by atomic mass is 10.1. The maximum absolute atomic E-state index is 11.5. The van der Waals surface area contributed by atoms with Crippen molar-refractivity contribution in [2.45, 2.75) is 12.8 Å². The van der Waals surface area contributed by atoms with Gasteiger partial charge in [0.25, 0.3) is 5.91 Å². The predicted molar refractivity (Wildman–Crippen MR) is 72.1 cm³/mol. The van der Waals surface area contributed by atoms with Crippen LogP contribution in [0.4, 0.5) is 5.69 Å². The van der Waals surface area contributed by atoms with Gasteiger partial charge in [-0.3, -0.25) is 9.59 Å². The van der Waals surface area contributed by atoms with E-state index < -0.39 is 0 Å². The molecule has 0 radical (unpaired) electrons. The zero-order chi connectivity index (χ0) is 13.7. The second kappa shape index (κ2) is 6.04. The SMILES string of the molecule is C=CCNC(=O)CCc1ccc2c(c1)NC(=O)CO2. The molecule has 2 rings (SSSR count). The lowest BCUT2D eigenvalue weighted by Gasteiger charge is -2.18. The number of hydrogen-bond donors (Lipinski definition) is 2. The molecule has 2 N–H and O–H groups in total. The summed E-state index contributed by atoms with van der Waals surface area (Å²) in [7, 11) is 0. The monoisotopic (exact) mass is 260 g/mol. The minimum absolute atomic E-state index is 0.0158. The summed E-state index contributed by atoms with van der Waals surface area (Å²) in [6.07, 6.45) is 2.66. The average molecular weight is 260 g/mol. The van der Waals surface area contributed by atoms with Gasteiger partial charge in [-0.1, -0.05) is 12.1 Å². The summed E-state index contributed by atoms with van der Waals surface area (Å²) < 4.78 is 5.27. The fraction of sp³-hybridized carbons (Fsp3) is 0.286. The Hall–Kier alpha value is -2.30. The highest BCUT2D eigenvalue weighted by molar-refractivity contribution is 5.95. The van der Waals surface area contributed by atoms with Crippen molar-refractivity contribution in [2.75, 3.05) is 18.5 Å². The van der Waals surface area contributed by atoms with Gasteiger partial charge in [0, 0.05) is 13.0 Å². The molecular weight excluding hydrogens is 244 g/mol. The first-order valence-corrected chi connectivity index (χ1v) is 6.12. The van der Waals surface area contributed by atoms with Crippen LogP contribution in [0.15, 0.2) is 30.9 Å². The van der Waals surface area contributed by atoms with Gasteiger partial charge in [0.1, 0.15) is 5.75 Å². The van der Waals surface area contributed by atoms with Crippen LogP contribution < -0.4 is 15.4 Å². The summed E-state index contributed by atoms with van der Waals surface area (Å²) in [5, 5.41) is 5.46. The third kappa shape index (κ3) is 3.58. The summed E-state index contributed by atoms with van der Waals surface area (Å²) in [6, 6.07) is 5.55. The second-order valence-corrected chi connectivity index (χ2v) is 4.26. The number of aryl methyl sites for hydroxylation is 1. The zero-order valence-electron chi connectivity index (χ0n) is 10.6. The number of ether oxygens (including phenoxy) is 1. The Labute approximate surface area is 111 Å². The van der Waals surface area contributed by atoms with Crippen LogP contribution in [0.2, 0.25) is 0 Å². The first kappa shape index (κ1) is 13.1. The van der Waals surface area contributed by atoms with Crippen LogP contribution in [-0.4, -0.2) is 25.0 Å². The number of amides is 2. The van der Waals surface area contributed by atoms with Crippen LogP contribution in [0.1, 0.15) is 12.0 Å². The van der Waals surface area contributed by atoms with E-state index in [0.29, 0.717) is 30.8 Å². The number of hydrogen-bond acceptors (Lipinski definition) is 3. The lowest BCUT2D eigenvalue weighted by Crippen LogP contribution is -2.25. The number of benzene rings is 1. The number of nitrogens with one attached hydrogen (secondary N) is 2. The molecular formula is C14H16N2O3. The van der Waals surface area contributed by atoms with Crippen molar-refractivity contribution >= 4 is 17.5 Å². The second-order valence-electron chi connectivity index (χ2n) is 4.26. The largest absolute Gasteiger partial charge is 0.482 e. The van der Waals surface area contributed by atoms with Gasteiger partial charge in [-0.15, -0.1) is 6.58 Å². The first-order valence-electron chi connectivity index (χ1n) is 6.12. The smallest absolute Gasteiger partial charge is 0.262 e. The molecule has 19 heavy (non-hydrogen) atoms. The molecule has 0 saturated heterocycles. The zero-order valence-corrected chi connectivity index (χ0v) is 10.6. The highest BCUT2D eigenvalue weighted by Gasteiger charge is 2.15. The topological polar surface area (TPSA) is 67.4 Å². The Morgan fingerprint density at radius 3 is 3.16 bits per heavy atom. The third-order valence-electron chi connectivity index (χ3n) is 2.76. The lowest BCUT2D eigenvalue weighted by molar-refractivity contribution is -0.121. The highest BCUT2D eigenvalue weighted by Crippen LogP contribution is 2.28. The molecule has 5 nitrogen and oxygen atoms in total. The van der Waals surface area contributed by atoms with Gasteiger partial charge in [0.15, 0.2) is 6.61 Å². The number of anilines is 1. The third-order valence-corrected chi connectivity index (χ3v) is 2.76. The van der Waals surface area contributed by atoms with Crippen LogP contribution >= 0.6 is 0 Å². The van der Waals surface area contributed by atoms with Gasteiger partial charge in [0.05, 0.1) is 5.69 Å². The summed E-state index contributed by atoms with van der Waals surface area (Å²) in [5.41, 5.74) is 1.65. The predicted octanol–water partition coefficient (Wildman–Crippen LogP) is 1.25. The van der Waals surface area contributed by atoms with E-state index in [1.807, 2.05) is 18.2 Å². The Bertz CT molecular complexity index is 511. The first-order chi connectivity index (χ1) is 9.19. The maximum atomic E-state index is 11.5. The van der Waals surface area contributed by atoms with E-state index in [1.165, 1.54) is 0 Å². The minimum Gasteiger partial charge on any atom is -0.482 e. The van der Waals surface area contributed by atoms with Crippen LogP contribution in [0.5, 0.6) is 5.75 Å². The maximum Gasteiger partial charge on any atom is 0.262 e. The van der Waals surface area contributed by atoms with Crippen molar-refractivity contribution in [3.8, 4) is 5.75 Å². The van der Waals surface area contributed by atoms with Gasteiger partial charge in [-0.25, -0.2) is 0 Å². The molecule has 0 unspecified atom stereocenters. The molecule has 100 valence electrons. The van der Waals surface area contributed by atoms with E-state index >= 15 is 0 Å². The molecule has 1 aromatic carbocycles. The van der Waals surface area contributed by atoms with Crippen molar-refractivity contribution in [1.29, 1.82) is 0 Å². The van der Waals surface area contributed by atoms with Gasteiger partial charge in [0.2, 0.25) is 5.91 Å². The number of rotatable bonds is 5.